The van der Waals surface area contributed by atoms with Crippen LogP contribution in [0, 0.1) is 0 Å². The lowest BCUT2D eigenvalue weighted by molar-refractivity contribution is 0.0240. The molecule has 2 aliphatic rings. The van der Waals surface area contributed by atoms with E-state index in [-0.39, 0.29) is 12.2 Å². The third-order valence-electron chi connectivity index (χ3n) is 4.77. The Balaban J connectivity index is 1.70. The summed E-state index contributed by atoms with van der Waals surface area (Å²) in [6.45, 7) is 10.6. The first-order valence-electron chi connectivity index (χ1n) is 8.90. The Morgan fingerprint density at radius 2 is 1.88 bits per heavy atom. The second-order valence-corrected chi connectivity index (χ2v) is 7.81. The standard InChI is InChI=1S/C18H28N4O3/c1-12-10-13(24-5)15-14(12)16(20-11-19-15)21-6-8-22(9-7-21)17(23)25-18(2,3)4/h11-13H,6-10H2,1-5H3/t12-,13?/m1/s1. The highest BCUT2D eigenvalue weighted by Gasteiger charge is 2.35. The highest BCUT2D eigenvalue weighted by atomic mass is 16.6. The van der Waals surface area contributed by atoms with Gasteiger partial charge in [-0.3, -0.25) is 0 Å². The zero-order chi connectivity index (χ0) is 18.2. The number of piperazine rings is 1. The maximum atomic E-state index is 12.2. The van der Waals surface area contributed by atoms with Crippen molar-refractivity contribution in [2.24, 2.45) is 0 Å². The Morgan fingerprint density at radius 1 is 1.20 bits per heavy atom. The van der Waals surface area contributed by atoms with E-state index in [1.165, 1.54) is 5.56 Å². The van der Waals surface area contributed by atoms with Gasteiger partial charge in [-0.25, -0.2) is 14.8 Å². The summed E-state index contributed by atoms with van der Waals surface area (Å²) in [7, 11) is 1.73. The first-order valence-corrected chi connectivity index (χ1v) is 8.90. The molecule has 0 saturated carbocycles. The highest BCUT2D eigenvalue weighted by molar-refractivity contribution is 5.68. The smallest absolute Gasteiger partial charge is 0.410 e. The summed E-state index contributed by atoms with van der Waals surface area (Å²) < 4.78 is 11.0. The molecule has 1 fully saturated rings. The van der Waals surface area contributed by atoms with Gasteiger partial charge in [0.2, 0.25) is 0 Å². The van der Waals surface area contributed by atoms with Crippen LogP contribution in [0.25, 0.3) is 0 Å². The molecule has 1 aromatic rings. The van der Waals surface area contributed by atoms with Gasteiger partial charge in [-0.2, -0.15) is 0 Å². The normalized spacial score (nSPS) is 23.6. The molecule has 1 amide bonds. The molecule has 0 N–H and O–H groups in total. The molecule has 1 aromatic heterocycles. The van der Waals surface area contributed by atoms with E-state index in [1.807, 2.05) is 20.8 Å². The Hall–Kier alpha value is -1.89. The van der Waals surface area contributed by atoms with Crippen LogP contribution < -0.4 is 4.90 Å². The summed E-state index contributed by atoms with van der Waals surface area (Å²) in [5.74, 6) is 1.36. The van der Waals surface area contributed by atoms with Crippen LogP contribution in [0.15, 0.2) is 6.33 Å². The number of aromatic nitrogens is 2. The quantitative estimate of drug-likeness (QED) is 0.819. The molecule has 1 aliphatic heterocycles. The monoisotopic (exact) mass is 348 g/mol. The van der Waals surface area contributed by atoms with Crippen molar-refractivity contribution in [1.82, 2.24) is 14.9 Å². The van der Waals surface area contributed by atoms with E-state index in [4.69, 9.17) is 9.47 Å². The van der Waals surface area contributed by atoms with Gasteiger partial charge in [0.05, 0.1) is 5.69 Å². The summed E-state index contributed by atoms with van der Waals surface area (Å²) in [5.41, 5.74) is 1.74. The maximum absolute atomic E-state index is 12.2. The molecule has 0 bridgehead atoms. The van der Waals surface area contributed by atoms with Gasteiger partial charge in [0.25, 0.3) is 0 Å². The van der Waals surface area contributed by atoms with Gasteiger partial charge < -0.3 is 19.3 Å². The molecular formula is C18H28N4O3. The number of fused-ring (bicyclic) bond motifs is 1. The van der Waals surface area contributed by atoms with Crippen LogP contribution in [0.1, 0.15) is 57.4 Å². The molecule has 3 rings (SSSR count). The average Bonchev–Trinajstić information content (AvgIpc) is 2.90. The average molecular weight is 348 g/mol. The molecule has 25 heavy (non-hydrogen) atoms. The van der Waals surface area contributed by atoms with Crippen LogP contribution >= 0.6 is 0 Å². The number of carbonyl (C=O) groups is 1. The zero-order valence-electron chi connectivity index (χ0n) is 15.8. The Morgan fingerprint density at radius 3 is 2.48 bits per heavy atom. The SMILES string of the molecule is COC1C[C@@H](C)c2c1ncnc2N1CCN(C(=O)OC(C)(C)C)CC1. The van der Waals surface area contributed by atoms with Crippen LogP contribution in [0.4, 0.5) is 10.6 Å². The fourth-order valence-electron chi connectivity index (χ4n) is 3.57. The van der Waals surface area contributed by atoms with E-state index in [0.717, 1.165) is 31.0 Å². The summed E-state index contributed by atoms with van der Waals surface area (Å²) in [4.78, 5) is 25.2. The predicted molar refractivity (Wildman–Crippen MR) is 94.8 cm³/mol. The van der Waals surface area contributed by atoms with Crippen LogP contribution in [0.3, 0.4) is 0 Å². The third-order valence-corrected chi connectivity index (χ3v) is 4.77. The number of ether oxygens (including phenoxy) is 2. The summed E-state index contributed by atoms with van der Waals surface area (Å²) >= 11 is 0. The van der Waals surface area contributed by atoms with Crippen LogP contribution in [0.5, 0.6) is 0 Å². The molecule has 2 atom stereocenters. The van der Waals surface area contributed by atoms with Crippen molar-refractivity contribution < 1.29 is 14.3 Å². The number of methoxy groups -OCH3 is 1. The Labute approximate surface area is 149 Å². The summed E-state index contributed by atoms with van der Waals surface area (Å²) in [5, 5.41) is 0. The molecule has 1 unspecified atom stereocenters. The Bertz CT molecular complexity index is 636. The van der Waals surface area contributed by atoms with Crippen LogP contribution in [-0.2, 0) is 9.47 Å². The van der Waals surface area contributed by atoms with E-state index in [2.05, 4.69) is 21.8 Å². The number of rotatable bonds is 2. The first-order chi connectivity index (χ1) is 11.8. The summed E-state index contributed by atoms with van der Waals surface area (Å²) in [6, 6.07) is 0. The molecule has 2 heterocycles. The van der Waals surface area contributed by atoms with Gasteiger partial charge in [-0.05, 0) is 33.1 Å². The molecule has 7 heteroatoms. The predicted octanol–water partition coefficient (Wildman–Crippen LogP) is 2.73. The van der Waals surface area contributed by atoms with Gasteiger partial charge >= 0.3 is 6.09 Å². The van der Waals surface area contributed by atoms with Crippen LogP contribution in [0.2, 0.25) is 0 Å². The third kappa shape index (κ3) is 3.71. The van der Waals surface area contributed by atoms with Crippen LogP contribution in [-0.4, -0.2) is 59.9 Å². The molecule has 0 radical (unpaired) electrons. The molecular weight excluding hydrogens is 320 g/mol. The molecule has 7 nitrogen and oxygen atoms in total. The topological polar surface area (TPSA) is 67.8 Å². The van der Waals surface area contributed by atoms with Gasteiger partial charge in [-0.1, -0.05) is 6.92 Å². The van der Waals surface area contributed by atoms with Gasteiger partial charge in [0.1, 0.15) is 23.9 Å². The zero-order valence-corrected chi connectivity index (χ0v) is 15.8. The maximum Gasteiger partial charge on any atom is 0.410 e. The van der Waals surface area contributed by atoms with Crippen molar-refractivity contribution in [3.63, 3.8) is 0 Å². The van der Waals surface area contributed by atoms with Crippen molar-refractivity contribution >= 4 is 11.9 Å². The van der Waals surface area contributed by atoms with E-state index in [0.29, 0.717) is 19.0 Å². The van der Waals surface area contributed by atoms with Gasteiger partial charge in [0.15, 0.2) is 0 Å². The second kappa shape index (κ2) is 6.78. The van der Waals surface area contributed by atoms with Gasteiger partial charge in [0, 0.05) is 38.9 Å². The molecule has 0 aromatic carbocycles. The highest BCUT2D eigenvalue weighted by Crippen LogP contribution is 2.44. The summed E-state index contributed by atoms with van der Waals surface area (Å²) in [6.07, 6.45) is 2.37. The minimum Gasteiger partial charge on any atom is -0.444 e. The van der Waals surface area contributed by atoms with Crippen molar-refractivity contribution in [2.45, 2.75) is 51.7 Å². The van der Waals surface area contributed by atoms with Crippen molar-refractivity contribution in [2.75, 3.05) is 38.2 Å². The first kappa shape index (κ1) is 17.9. The van der Waals surface area contributed by atoms with E-state index in [1.54, 1.807) is 18.3 Å². The van der Waals surface area contributed by atoms with Crippen molar-refractivity contribution in [3.05, 3.63) is 17.6 Å². The van der Waals surface area contributed by atoms with Crippen molar-refractivity contribution in [3.8, 4) is 0 Å². The number of amides is 1. The molecule has 138 valence electrons. The van der Waals surface area contributed by atoms with E-state index in [9.17, 15) is 4.79 Å². The minimum absolute atomic E-state index is 0.0507. The lowest BCUT2D eigenvalue weighted by atomic mass is 10.1. The fourth-order valence-corrected chi connectivity index (χ4v) is 3.57. The van der Waals surface area contributed by atoms with Gasteiger partial charge in [-0.15, -0.1) is 0 Å². The number of anilines is 1. The molecule has 1 saturated heterocycles. The lowest BCUT2D eigenvalue weighted by Gasteiger charge is -2.37. The Kier molecular flexibility index (Phi) is 4.86. The second-order valence-electron chi connectivity index (χ2n) is 7.81. The van der Waals surface area contributed by atoms with E-state index >= 15 is 0 Å². The number of nitrogens with zero attached hydrogens (tertiary/aromatic N) is 4. The largest absolute Gasteiger partial charge is 0.444 e. The lowest BCUT2D eigenvalue weighted by Crippen LogP contribution is -2.50. The molecule has 1 aliphatic carbocycles. The van der Waals surface area contributed by atoms with Crippen molar-refractivity contribution in [1.29, 1.82) is 0 Å². The minimum atomic E-state index is -0.466. The number of hydrogen-bond acceptors (Lipinski definition) is 6. The fraction of sp³-hybridized carbons (Fsp3) is 0.722. The molecule has 0 spiro atoms. The van der Waals surface area contributed by atoms with E-state index < -0.39 is 5.60 Å². The number of carbonyl (C=O) groups excluding carboxylic acids is 1. The number of hydrogen-bond donors (Lipinski definition) is 0.